The summed E-state index contributed by atoms with van der Waals surface area (Å²) >= 11 is 0. The molecule has 4 amide bonds. The Morgan fingerprint density at radius 2 is 1.75 bits per heavy atom. The molecule has 71 heavy (non-hydrogen) atoms. The van der Waals surface area contributed by atoms with Crippen LogP contribution in [-0.2, 0) is 52.8 Å². The molecule has 0 radical (unpaired) electrons. The fourth-order valence-electron chi connectivity index (χ4n) is 11.6. The fourth-order valence-corrected chi connectivity index (χ4v) is 11.6. The summed E-state index contributed by atoms with van der Waals surface area (Å²) in [5.74, 6) is -1.57. The summed E-state index contributed by atoms with van der Waals surface area (Å²) in [4.78, 5) is 79.6. The zero-order valence-corrected chi connectivity index (χ0v) is 42.6. The second-order valence-corrected chi connectivity index (χ2v) is 21.6. The summed E-state index contributed by atoms with van der Waals surface area (Å²) in [7, 11) is 4.94. The Balaban J connectivity index is 1.09. The quantitative estimate of drug-likeness (QED) is 0.0951. The van der Waals surface area contributed by atoms with Crippen molar-refractivity contribution in [2.75, 3.05) is 34.4 Å². The van der Waals surface area contributed by atoms with Gasteiger partial charge in [-0.2, -0.15) is 0 Å². The summed E-state index contributed by atoms with van der Waals surface area (Å²) < 4.78 is 14.3. The topological polar surface area (TPSA) is 198 Å². The Morgan fingerprint density at radius 3 is 2.46 bits per heavy atom. The Morgan fingerprint density at radius 1 is 0.986 bits per heavy atom. The Kier molecular flexibility index (Phi) is 14.4. The lowest BCUT2D eigenvalue weighted by Gasteiger charge is -2.38. The van der Waals surface area contributed by atoms with Crippen LogP contribution >= 0.6 is 0 Å². The molecule has 5 heterocycles. The molecular formula is C55H72N8O8. The van der Waals surface area contributed by atoms with E-state index < -0.39 is 47.4 Å². The zero-order valence-electron chi connectivity index (χ0n) is 42.6. The standard InChI is InChI=1S/C55H72N8O8/c1-9-62-44-21-20-36-28-40(44)41(49(62)39-16-12-22-56-45(39)32(3)70-8)29-55(4,5)30-71-54(69)42-17-13-23-63(59-42)52(67)43(26-33-24-37(36)27-38(64)25-33)57-50(65)48(35-14-10-11-15-35)61(7)51(66)31(2)60(6)53(68)47-46(58-47)34-18-19-34/h12,16,20-22,24-25,27-28,31-32,34-35,42-43,46-48,58-59,64H,9-11,13-15,17-19,23,26,29-30H2,1-8H3,(H,57,65)/t31-,32+,42+,43+,46-,47-,48?/m1/s1. The van der Waals surface area contributed by atoms with E-state index in [0.717, 1.165) is 83.1 Å². The van der Waals surface area contributed by atoms with Crippen molar-refractivity contribution in [3.05, 3.63) is 71.5 Å². The molecule has 2 aliphatic carbocycles. The number of hydrogen-bond acceptors (Lipinski definition) is 11. The van der Waals surface area contributed by atoms with Gasteiger partial charge in [0.2, 0.25) is 17.7 Å². The minimum absolute atomic E-state index is 0.00197. The van der Waals surface area contributed by atoms with Crippen molar-refractivity contribution in [2.24, 2.45) is 17.3 Å². The lowest BCUT2D eigenvalue weighted by Crippen LogP contribution is -2.62. The average molecular weight is 973 g/mol. The molecule has 380 valence electrons. The van der Waals surface area contributed by atoms with Crippen LogP contribution in [0.5, 0.6) is 5.75 Å². The number of carbonyl (C=O) groups is 5. The lowest BCUT2D eigenvalue weighted by molar-refractivity contribution is -0.155. The number of rotatable bonds is 12. The minimum Gasteiger partial charge on any atom is -0.508 e. The largest absolute Gasteiger partial charge is 0.508 e. The first-order valence-electron chi connectivity index (χ1n) is 25.8. The third kappa shape index (κ3) is 10.3. The molecule has 4 aromatic rings. The number of aromatic nitrogens is 2. The minimum atomic E-state index is -1.16. The van der Waals surface area contributed by atoms with Crippen molar-refractivity contribution in [2.45, 2.75) is 148 Å². The monoisotopic (exact) mass is 973 g/mol. The predicted molar refractivity (Wildman–Crippen MR) is 270 cm³/mol. The number of benzene rings is 2. The van der Waals surface area contributed by atoms with Crippen LogP contribution in [0.2, 0.25) is 0 Å². The normalized spacial score (nSPS) is 23.9. The number of likely N-dealkylation sites (N-methyl/N-ethyl adjacent to an activating group) is 2. The van der Waals surface area contributed by atoms with E-state index in [1.807, 2.05) is 25.1 Å². The third-order valence-electron chi connectivity index (χ3n) is 15.9. The number of nitrogens with one attached hydrogen (secondary N) is 3. The van der Waals surface area contributed by atoms with Gasteiger partial charge in [0.05, 0.1) is 24.1 Å². The number of esters is 1. The Labute approximate surface area is 417 Å². The molecule has 7 atom stereocenters. The predicted octanol–water partition coefficient (Wildman–Crippen LogP) is 6.07. The van der Waals surface area contributed by atoms with Crippen molar-refractivity contribution in [3.8, 4) is 28.1 Å². The van der Waals surface area contributed by atoms with Crippen LogP contribution < -0.4 is 16.1 Å². The molecule has 0 spiro atoms. The van der Waals surface area contributed by atoms with Gasteiger partial charge in [-0.25, -0.2) is 5.43 Å². The molecule has 5 aliphatic rings. The molecule has 3 aliphatic heterocycles. The molecule has 9 rings (SSSR count). The van der Waals surface area contributed by atoms with Gasteiger partial charge in [-0.3, -0.25) is 39.3 Å². The van der Waals surface area contributed by atoms with E-state index in [2.05, 4.69) is 59.6 Å². The van der Waals surface area contributed by atoms with Crippen LogP contribution in [0.3, 0.4) is 0 Å². The third-order valence-corrected chi connectivity index (χ3v) is 15.9. The van der Waals surface area contributed by atoms with Crippen molar-refractivity contribution >= 4 is 40.5 Å². The molecule has 2 aromatic carbocycles. The van der Waals surface area contributed by atoms with E-state index in [0.29, 0.717) is 37.3 Å². The van der Waals surface area contributed by atoms with E-state index in [1.54, 1.807) is 46.5 Å². The van der Waals surface area contributed by atoms with Crippen LogP contribution in [0.1, 0.15) is 109 Å². The van der Waals surface area contributed by atoms with Gasteiger partial charge in [0.15, 0.2) is 0 Å². The van der Waals surface area contributed by atoms with E-state index in [9.17, 15) is 29.1 Å². The molecule has 2 saturated heterocycles. The Hall–Kier alpha value is -5.84. The van der Waals surface area contributed by atoms with Gasteiger partial charge >= 0.3 is 5.97 Å². The molecule has 1 unspecified atom stereocenters. The zero-order chi connectivity index (χ0) is 50.5. The van der Waals surface area contributed by atoms with Gasteiger partial charge in [0, 0.05) is 74.8 Å². The number of methoxy groups -OCH3 is 1. The number of ether oxygens (including phenoxy) is 2. The maximum atomic E-state index is 15.0. The number of aryl methyl sites for hydroxylation is 1. The SMILES string of the molecule is CCn1c(-c2cccnc2[C@H](C)OC)c2c3cc(ccc31)-c1cc(O)cc(c1)C[C@H](NC(=O)C(C1CCCC1)N(C)C(=O)[C@@H](C)N(C)C(=O)[C@@H]1N[C@@H]1C1CC1)C(=O)N1CCC[C@H](N1)C(=O)OCC(C)(C)C2. The first kappa shape index (κ1) is 50.1. The number of nitrogens with zero attached hydrogens (tertiary/aromatic N) is 5. The molecule has 16 nitrogen and oxygen atoms in total. The fraction of sp³-hybridized carbons (Fsp3) is 0.564. The molecule has 16 heteroatoms. The van der Waals surface area contributed by atoms with E-state index >= 15 is 0 Å². The number of amides is 4. The van der Waals surface area contributed by atoms with Gasteiger partial charge in [0.25, 0.3) is 5.91 Å². The first-order valence-corrected chi connectivity index (χ1v) is 25.8. The number of carbonyl (C=O) groups excluding carboxylic acids is 5. The lowest BCUT2D eigenvalue weighted by atomic mass is 9.84. The van der Waals surface area contributed by atoms with E-state index in [4.69, 9.17) is 14.5 Å². The summed E-state index contributed by atoms with van der Waals surface area (Å²) in [5.41, 5.74) is 9.62. The summed E-state index contributed by atoms with van der Waals surface area (Å²) in [6.45, 7) is 11.0. The van der Waals surface area contributed by atoms with Gasteiger partial charge in [0.1, 0.15) is 36.0 Å². The molecule has 6 bridgehead atoms. The highest BCUT2D eigenvalue weighted by Crippen LogP contribution is 2.43. The van der Waals surface area contributed by atoms with Crippen LogP contribution in [0.25, 0.3) is 33.3 Å². The summed E-state index contributed by atoms with van der Waals surface area (Å²) in [6.07, 6.45) is 8.44. The van der Waals surface area contributed by atoms with Gasteiger partial charge < -0.3 is 34.3 Å². The average Bonchev–Trinajstić information content (AvgIpc) is 4.29. The van der Waals surface area contributed by atoms with Gasteiger partial charge in [-0.15, -0.1) is 0 Å². The molecular weight excluding hydrogens is 901 g/mol. The van der Waals surface area contributed by atoms with Gasteiger partial charge in [-0.1, -0.05) is 38.8 Å². The molecule has 4 N–H and O–H groups in total. The highest BCUT2D eigenvalue weighted by Gasteiger charge is 2.52. The number of fused-ring (bicyclic) bond motifs is 6. The number of pyridine rings is 1. The smallest absolute Gasteiger partial charge is 0.324 e. The molecule has 2 aromatic heterocycles. The molecule has 4 fully saturated rings. The van der Waals surface area contributed by atoms with Crippen LogP contribution in [-0.4, -0.2) is 130 Å². The van der Waals surface area contributed by atoms with Crippen molar-refractivity contribution in [1.82, 2.24) is 40.4 Å². The van der Waals surface area contributed by atoms with Crippen LogP contribution in [0.15, 0.2) is 54.7 Å². The molecule has 2 saturated carbocycles. The first-order chi connectivity index (χ1) is 34.0. The second kappa shape index (κ2) is 20.3. The summed E-state index contributed by atoms with van der Waals surface area (Å²) in [5, 5.41) is 20.2. The maximum Gasteiger partial charge on any atom is 0.324 e. The van der Waals surface area contributed by atoms with Crippen molar-refractivity contribution in [3.63, 3.8) is 0 Å². The number of phenolic OH excluding ortho intramolecular Hbond substituents is 1. The van der Waals surface area contributed by atoms with E-state index in [-0.39, 0.29) is 61.2 Å². The number of hydrazine groups is 1. The van der Waals surface area contributed by atoms with Gasteiger partial charge in [-0.05, 0) is 136 Å². The van der Waals surface area contributed by atoms with Crippen molar-refractivity contribution in [1.29, 1.82) is 0 Å². The highest BCUT2D eigenvalue weighted by molar-refractivity contribution is 5.97. The number of cyclic esters (lactones) is 1. The van der Waals surface area contributed by atoms with Crippen LogP contribution in [0, 0.1) is 17.3 Å². The summed E-state index contributed by atoms with van der Waals surface area (Å²) in [6, 6.07) is 11.7. The second-order valence-electron chi connectivity index (χ2n) is 21.6. The highest BCUT2D eigenvalue weighted by atomic mass is 16.5. The van der Waals surface area contributed by atoms with Crippen LogP contribution in [0.4, 0.5) is 0 Å². The Bertz CT molecular complexity index is 2690. The number of aromatic hydroxyl groups is 1. The number of phenols is 1. The van der Waals surface area contributed by atoms with E-state index in [1.165, 1.54) is 14.8 Å². The number of hydrogen-bond donors (Lipinski definition) is 4. The maximum absolute atomic E-state index is 15.0. The van der Waals surface area contributed by atoms with Crippen molar-refractivity contribution < 1.29 is 38.6 Å².